The molecule has 0 amide bonds. The molecule has 0 aliphatic carbocycles. The van der Waals surface area contributed by atoms with Gasteiger partial charge in [0.15, 0.2) is 11.5 Å². The number of aryl methyl sites for hydroxylation is 1. The van der Waals surface area contributed by atoms with E-state index in [1.54, 1.807) is 23.5 Å². The fourth-order valence-electron chi connectivity index (χ4n) is 2.20. The first kappa shape index (κ1) is 15.3. The lowest BCUT2D eigenvalue weighted by Crippen LogP contribution is -1.83. The van der Waals surface area contributed by atoms with Gasteiger partial charge in [0, 0.05) is 10.9 Å². The summed E-state index contributed by atoms with van der Waals surface area (Å²) in [4.78, 5) is 4.63. The van der Waals surface area contributed by atoms with Crippen molar-refractivity contribution >= 4 is 23.5 Å². The molecule has 0 atom stereocenters. The van der Waals surface area contributed by atoms with Crippen molar-refractivity contribution < 1.29 is 9.84 Å². The summed E-state index contributed by atoms with van der Waals surface area (Å²) in [5.74, 6) is 0.604. The van der Waals surface area contributed by atoms with E-state index in [4.69, 9.17) is 4.74 Å². The number of hydrogen-bond donors (Lipinski definition) is 1. The van der Waals surface area contributed by atoms with E-state index in [9.17, 15) is 5.11 Å². The molecule has 4 heteroatoms. The van der Waals surface area contributed by atoms with E-state index in [0.29, 0.717) is 5.75 Å². The quantitative estimate of drug-likeness (QED) is 0.734. The Bertz CT molecular complexity index is 835. The van der Waals surface area contributed by atoms with Crippen molar-refractivity contribution in [3.8, 4) is 22.8 Å². The van der Waals surface area contributed by atoms with E-state index in [1.165, 1.54) is 12.7 Å². The number of phenols is 1. The molecule has 1 N–H and O–H groups in total. The van der Waals surface area contributed by atoms with Crippen LogP contribution in [0.2, 0.25) is 0 Å². The zero-order valence-corrected chi connectivity index (χ0v) is 13.8. The Morgan fingerprint density at radius 3 is 2.57 bits per heavy atom. The number of ether oxygens (including phenoxy) is 1. The molecule has 0 unspecified atom stereocenters. The smallest absolute Gasteiger partial charge is 0.160 e. The van der Waals surface area contributed by atoms with E-state index in [1.807, 2.05) is 18.2 Å². The molecule has 23 heavy (non-hydrogen) atoms. The summed E-state index contributed by atoms with van der Waals surface area (Å²) in [7, 11) is 1.53. The molecule has 0 saturated heterocycles. The summed E-state index contributed by atoms with van der Waals surface area (Å²) in [5.41, 5.74) is 4.24. The van der Waals surface area contributed by atoms with Gasteiger partial charge in [-0.1, -0.05) is 42.0 Å². The first-order chi connectivity index (χ1) is 11.2. The van der Waals surface area contributed by atoms with Crippen molar-refractivity contribution in [3.05, 3.63) is 64.0 Å². The van der Waals surface area contributed by atoms with Crippen molar-refractivity contribution in [2.75, 3.05) is 7.11 Å². The number of methoxy groups -OCH3 is 1. The Balaban J connectivity index is 1.78. The Labute approximate surface area is 139 Å². The molecule has 0 spiro atoms. The van der Waals surface area contributed by atoms with Crippen LogP contribution in [-0.4, -0.2) is 17.2 Å². The van der Waals surface area contributed by atoms with Crippen LogP contribution in [0.5, 0.6) is 11.5 Å². The largest absolute Gasteiger partial charge is 0.504 e. The molecule has 0 fully saturated rings. The summed E-state index contributed by atoms with van der Waals surface area (Å²) in [6.45, 7) is 2.07. The monoisotopic (exact) mass is 323 g/mol. The predicted molar refractivity (Wildman–Crippen MR) is 95.9 cm³/mol. The molecule has 3 nitrogen and oxygen atoms in total. The Hall–Kier alpha value is -2.59. The summed E-state index contributed by atoms with van der Waals surface area (Å²) in [5, 5.41) is 12.8. The number of phenolic OH excluding ortho intramolecular Hbond substituents is 1. The highest BCUT2D eigenvalue weighted by atomic mass is 32.1. The minimum absolute atomic E-state index is 0.133. The lowest BCUT2D eigenvalue weighted by atomic mass is 10.1. The Morgan fingerprint density at radius 2 is 1.87 bits per heavy atom. The van der Waals surface area contributed by atoms with Crippen LogP contribution in [0.15, 0.2) is 47.8 Å². The molecule has 1 aromatic heterocycles. The number of thiazole rings is 1. The van der Waals surface area contributed by atoms with Crippen LogP contribution in [0.4, 0.5) is 0 Å². The Morgan fingerprint density at radius 1 is 1.09 bits per heavy atom. The third kappa shape index (κ3) is 3.60. The zero-order chi connectivity index (χ0) is 16.2. The fraction of sp³-hybridized carbons (Fsp3) is 0.105. The van der Waals surface area contributed by atoms with E-state index in [-0.39, 0.29) is 5.75 Å². The van der Waals surface area contributed by atoms with E-state index < -0.39 is 0 Å². The first-order valence-electron chi connectivity index (χ1n) is 7.23. The number of hydrogen-bond acceptors (Lipinski definition) is 4. The number of aromatic hydroxyl groups is 1. The van der Waals surface area contributed by atoms with Gasteiger partial charge in [-0.05, 0) is 30.7 Å². The minimum atomic E-state index is 0.133. The van der Waals surface area contributed by atoms with Gasteiger partial charge in [0.25, 0.3) is 0 Å². The molecule has 0 aliphatic rings. The highest BCUT2D eigenvalue weighted by molar-refractivity contribution is 7.10. The topological polar surface area (TPSA) is 42.4 Å². The fourth-order valence-corrected chi connectivity index (χ4v) is 2.92. The van der Waals surface area contributed by atoms with Gasteiger partial charge in [-0.2, -0.15) is 0 Å². The van der Waals surface area contributed by atoms with Crippen molar-refractivity contribution in [2.24, 2.45) is 0 Å². The molecule has 0 radical (unpaired) electrons. The van der Waals surface area contributed by atoms with Crippen LogP contribution in [0.1, 0.15) is 16.1 Å². The second kappa shape index (κ2) is 6.67. The van der Waals surface area contributed by atoms with Gasteiger partial charge in [-0.15, -0.1) is 11.3 Å². The highest BCUT2D eigenvalue weighted by Gasteiger charge is 2.03. The molecule has 3 aromatic rings. The maximum absolute atomic E-state index is 9.79. The highest BCUT2D eigenvalue weighted by Crippen LogP contribution is 2.28. The van der Waals surface area contributed by atoms with Gasteiger partial charge in [0.1, 0.15) is 5.01 Å². The SMILES string of the molecule is COc1ccc(C=Cc2nc(-c3ccc(C)cc3)cs2)cc1O. The summed E-state index contributed by atoms with van der Waals surface area (Å²) in [6, 6.07) is 13.6. The van der Waals surface area contributed by atoms with Gasteiger partial charge < -0.3 is 9.84 Å². The van der Waals surface area contributed by atoms with Crippen LogP contribution in [-0.2, 0) is 0 Å². The normalized spacial score (nSPS) is 11.0. The summed E-state index contributed by atoms with van der Waals surface area (Å²) in [6.07, 6.45) is 3.88. The van der Waals surface area contributed by atoms with Crippen LogP contribution in [0.25, 0.3) is 23.4 Å². The van der Waals surface area contributed by atoms with Crippen LogP contribution in [0.3, 0.4) is 0 Å². The molecule has 0 aliphatic heterocycles. The Kier molecular flexibility index (Phi) is 4.44. The predicted octanol–water partition coefficient (Wildman–Crippen LogP) is 5.00. The molecule has 1 heterocycles. The molecule has 2 aromatic carbocycles. The molecular formula is C19H17NO2S. The van der Waals surface area contributed by atoms with Gasteiger partial charge in [0.2, 0.25) is 0 Å². The van der Waals surface area contributed by atoms with Crippen molar-refractivity contribution in [2.45, 2.75) is 6.92 Å². The lowest BCUT2D eigenvalue weighted by molar-refractivity contribution is 0.373. The minimum Gasteiger partial charge on any atom is -0.504 e. The number of nitrogens with zero attached hydrogens (tertiary/aromatic N) is 1. The molecule has 3 rings (SSSR count). The van der Waals surface area contributed by atoms with Crippen molar-refractivity contribution in [1.29, 1.82) is 0 Å². The molecule has 116 valence electrons. The maximum atomic E-state index is 9.79. The standard InChI is InChI=1S/C19H17NO2S/c1-13-3-7-15(8-4-13)16-12-23-19(20-16)10-6-14-5-9-18(22-2)17(21)11-14/h3-12,21H,1-2H3. The van der Waals surface area contributed by atoms with Crippen LogP contribution < -0.4 is 4.74 Å². The average Bonchev–Trinajstić information content (AvgIpc) is 3.03. The van der Waals surface area contributed by atoms with Gasteiger partial charge >= 0.3 is 0 Å². The summed E-state index contributed by atoms with van der Waals surface area (Å²) >= 11 is 1.59. The van der Waals surface area contributed by atoms with Crippen LogP contribution >= 0.6 is 11.3 Å². The number of aromatic nitrogens is 1. The van der Waals surface area contributed by atoms with E-state index in [0.717, 1.165) is 21.8 Å². The van der Waals surface area contributed by atoms with E-state index >= 15 is 0 Å². The molecular weight excluding hydrogens is 306 g/mol. The van der Waals surface area contributed by atoms with E-state index in [2.05, 4.69) is 41.6 Å². The van der Waals surface area contributed by atoms with Gasteiger partial charge in [-0.3, -0.25) is 0 Å². The summed E-state index contributed by atoms with van der Waals surface area (Å²) < 4.78 is 5.04. The zero-order valence-electron chi connectivity index (χ0n) is 13.0. The van der Waals surface area contributed by atoms with Crippen LogP contribution in [0, 0.1) is 6.92 Å². The third-order valence-electron chi connectivity index (χ3n) is 3.49. The lowest BCUT2D eigenvalue weighted by Gasteiger charge is -2.02. The first-order valence-corrected chi connectivity index (χ1v) is 8.11. The number of benzene rings is 2. The third-order valence-corrected chi connectivity index (χ3v) is 4.30. The second-order valence-corrected chi connectivity index (χ2v) is 6.09. The maximum Gasteiger partial charge on any atom is 0.160 e. The van der Waals surface area contributed by atoms with Gasteiger partial charge in [-0.25, -0.2) is 4.98 Å². The van der Waals surface area contributed by atoms with Crippen molar-refractivity contribution in [1.82, 2.24) is 4.98 Å². The average molecular weight is 323 g/mol. The molecule has 0 bridgehead atoms. The van der Waals surface area contributed by atoms with Crippen molar-refractivity contribution in [3.63, 3.8) is 0 Å². The van der Waals surface area contributed by atoms with Gasteiger partial charge in [0.05, 0.1) is 12.8 Å². The molecule has 0 saturated carbocycles. The second-order valence-electron chi connectivity index (χ2n) is 5.20. The number of rotatable bonds is 4.